The first-order chi connectivity index (χ1) is 4.52. The van der Waals surface area contributed by atoms with Gasteiger partial charge in [-0.25, -0.2) is 0 Å². The molecule has 0 aliphatic carbocycles. The Kier molecular flexibility index (Phi) is 15.9. The Morgan fingerprint density at radius 2 is 1.33 bits per heavy atom. The van der Waals surface area contributed by atoms with E-state index in [1.54, 1.807) is 0 Å². The monoisotopic (exact) mass is 214 g/mol. The molecule has 0 atom stereocenters. The fourth-order valence-corrected chi connectivity index (χ4v) is 0.626. The van der Waals surface area contributed by atoms with Crippen LogP contribution >= 0.6 is 0 Å². The van der Waals surface area contributed by atoms with E-state index in [-0.39, 0.29) is 62.0 Å². The minimum atomic E-state index is -2.28. The summed E-state index contributed by atoms with van der Waals surface area (Å²) in [6.45, 7) is 2.11. The molecule has 0 radical (unpaired) electrons. The Morgan fingerprint density at radius 3 is 1.50 bits per heavy atom. The molecule has 0 heterocycles. The van der Waals surface area contributed by atoms with E-state index in [0.29, 0.717) is 0 Å². The predicted octanol–water partition coefficient (Wildman–Crippen LogP) is -6.08. The Hall–Kier alpha value is 1.09. The molecule has 0 amide bonds. The summed E-state index contributed by atoms with van der Waals surface area (Å²) in [5, 5.41) is 0. The molecule has 0 fully saturated rings. The second-order valence-electron chi connectivity index (χ2n) is 1.35. The molecule has 0 rings (SSSR count). The fraction of sp³-hybridized carbons (Fsp3) is 0.500. The van der Waals surface area contributed by atoms with Crippen LogP contribution in [0.25, 0.3) is 0 Å². The molecule has 0 bridgehead atoms. The summed E-state index contributed by atoms with van der Waals surface area (Å²) in [7, 11) is 0. The molecule has 0 aromatic heterocycles. The SMILES string of the molecule is CC(=O)OS(=O)OC(C)=O.[H-].[H-].[Na+].[Na+]. The average molecular weight is 214 g/mol. The van der Waals surface area contributed by atoms with E-state index in [1.807, 2.05) is 0 Å². The van der Waals surface area contributed by atoms with Crippen LogP contribution in [0.2, 0.25) is 0 Å². The molecular formula is C4H8Na2O5S. The zero-order chi connectivity index (χ0) is 8.15. The first-order valence-corrected chi connectivity index (χ1v) is 3.32. The van der Waals surface area contributed by atoms with Crippen molar-refractivity contribution in [3.05, 3.63) is 0 Å². The van der Waals surface area contributed by atoms with E-state index >= 15 is 0 Å². The Balaban J connectivity index is -0.0000000675. The van der Waals surface area contributed by atoms with Gasteiger partial charge in [-0.15, -0.1) is 0 Å². The third kappa shape index (κ3) is 13.7. The van der Waals surface area contributed by atoms with Crippen molar-refractivity contribution in [2.24, 2.45) is 0 Å². The van der Waals surface area contributed by atoms with Gasteiger partial charge in [-0.3, -0.25) is 9.59 Å². The molecule has 8 heteroatoms. The molecule has 0 spiro atoms. The van der Waals surface area contributed by atoms with Gasteiger partial charge in [-0.1, -0.05) is 0 Å². The summed E-state index contributed by atoms with van der Waals surface area (Å²) in [6, 6.07) is 0. The largest absolute Gasteiger partial charge is 1.00 e. The maximum atomic E-state index is 10.3. The van der Waals surface area contributed by atoms with Crippen molar-refractivity contribution in [1.29, 1.82) is 0 Å². The third-order valence-electron chi connectivity index (χ3n) is 0.371. The molecule has 0 aliphatic heterocycles. The van der Waals surface area contributed by atoms with Crippen molar-refractivity contribution in [3.63, 3.8) is 0 Å². The van der Waals surface area contributed by atoms with E-state index in [9.17, 15) is 13.8 Å². The summed E-state index contributed by atoms with van der Waals surface area (Å²) < 4.78 is 18.2. The van der Waals surface area contributed by atoms with Gasteiger partial charge in [0.15, 0.2) is 0 Å². The summed E-state index contributed by atoms with van der Waals surface area (Å²) in [5.74, 6) is -1.53. The Labute approximate surface area is 120 Å². The Morgan fingerprint density at radius 1 is 1.08 bits per heavy atom. The first kappa shape index (κ1) is 18.8. The summed E-state index contributed by atoms with van der Waals surface area (Å²) in [6.07, 6.45) is 0. The van der Waals surface area contributed by atoms with E-state index in [1.165, 1.54) is 0 Å². The first-order valence-electron chi connectivity index (χ1n) is 2.32. The van der Waals surface area contributed by atoms with Gasteiger partial charge in [0, 0.05) is 13.8 Å². The topological polar surface area (TPSA) is 69.7 Å². The molecule has 0 unspecified atom stereocenters. The van der Waals surface area contributed by atoms with E-state index < -0.39 is 23.3 Å². The minimum absolute atomic E-state index is 0. The zero-order valence-corrected chi connectivity index (χ0v) is 12.3. The number of rotatable bonds is 2. The van der Waals surface area contributed by atoms with Crippen LogP contribution in [-0.4, -0.2) is 16.1 Å². The van der Waals surface area contributed by atoms with Gasteiger partial charge >= 0.3 is 82.4 Å². The van der Waals surface area contributed by atoms with Crippen LogP contribution in [0.15, 0.2) is 0 Å². The molecule has 0 aromatic carbocycles. The van der Waals surface area contributed by atoms with Gasteiger partial charge in [0.1, 0.15) is 0 Å². The van der Waals surface area contributed by atoms with Gasteiger partial charge in [0.2, 0.25) is 0 Å². The minimum Gasteiger partial charge on any atom is -1.00 e. The standard InChI is InChI=1S/C4H6O5S.2Na.2H/c1-3(5)8-10(7)9-4(2)6;;;;/h1-2H3;;;;/q;2*+1;2*-1. The van der Waals surface area contributed by atoms with Crippen LogP contribution in [0, 0.1) is 0 Å². The van der Waals surface area contributed by atoms with Crippen molar-refractivity contribution in [2.45, 2.75) is 13.8 Å². The van der Waals surface area contributed by atoms with Crippen molar-refractivity contribution in [2.75, 3.05) is 0 Å². The van der Waals surface area contributed by atoms with Crippen molar-refractivity contribution in [1.82, 2.24) is 0 Å². The van der Waals surface area contributed by atoms with Gasteiger partial charge in [-0.05, 0) is 0 Å². The summed E-state index contributed by atoms with van der Waals surface area (Å²) in [4.78, 5) is 20.1. The van der Waals surface area contributed by atoms with Crippen LogP contribution in [0.3, 0.4) is 0 Å². The zero-order valence-electron chi connectivity index (χ0n) is 9.45. The second kappa shape index (κ2) is 10.2. The molecule has 12 heavy (non-hydrogen) atoms. The summed E-state index contributed by atoms with van der Waals surface area (Å²) in [5.41, 5.74) is 0. The van der Waals surface area contributed by atoms with Crippen molar-refractivity contribution in [3.8, 4) is 0 Å². The average Bonchev–Trinajstić information content (AvgIpc) is 1.58. The van der Waals surface area contributed by atoms with Gasteiger partial charge < -0.3 is 11.2 Å². The van der Waals surface area contributed by atoms with Crippen LogP contribution in [0.1, 0.15) is 16.7 Å². The molecule has 0 N–H and O–H groups in total. The van der Waals surface area contributed by atoms with Crippen LogP contribution < -0.4 is 59.1 Å². The fourth-order valence-electron chi connectivity index (χ4n) is 0.209. The number of hydrogen-bond acceptors (Lipinski definition) is 5. The van der Waals surface area contributed by atoms with Crippen LogP contribution in [-0.2, 0) is 29.3 Å². The molecule has 0 saturated heterocycles. The van der Waals surface area contributed by atoms with E-state index in [0.717, 1.165) is 13.8 Å². The van der Waals surface area contributed by atoms with E-state index in [2.05, 4.69) is 8.37 Å². The van der Waals surface area contributed by atoms with Crippen molar-refractivity contribution < 1.29 is 84.1 Å². The number of hydrogen-bond donors (Lipinski definition) is 0. The molecule has 5 nitrogen and oxygen atoms in total. The number of carbonyl (C=O) groups excluding carboxylic acids is 2. The van der Waals surface area contributed by atoms with Crippen molar-refractivity contribution >= 4 is 23.3 Å². The van der Waals surface area contributed by atoms with Crippen LogP contribution in [0.4, 0.5) is 0 Å². The van der Waals surface area contributed by atoms with Gasteiger partial charge in [0.25, 0.3) is 0 Å². The summed E-state index contributed by atoms with van der Waals surface area (Å²) >= 11 is -2.28. The second-order valence-corrected chi connectivity index (χ2v) is 2.10. The molecule has 62 valence electrons. The maximum Gasteiger partial charge on any atom is 1.00 e. The maximum absolute atomic E-state index is 10.3. The number of carbonyl (C=O) groups is 2. The third-order valence-corrected chi connectivity index (χ3v) is 1.11. The van der Waals surface area contributed by atoms with Crippen LogP contribution in [0.5, 0.6) is 0 Å². The molecule has 0 saturated carbocycles. The molecule has 0 aromatic rings. The smallest absolute Gasteiger partial charge is 1.00 e. The van der Waals surface area contributed by atoms with E-state index in [4.69, 9.17) is 0 Å². The molecule has 0 aliphatic rings. The van der Waals surface area contributed by atoms with Gasteiger partial charge in [0.05, 0.1) is 0 Å². The predicted molar refractivity (Wildman–Crippen MR) is 33.9 cm³/mol. The Bertz CT molecular complexity index is 173. The molecular weight excluding hydrogens is 206 g/mol. The quantitative estimate of drug-likeness (QED) is 0.428. The normalized spacial score (nSPS) is 7.58. The van der Waals surface area contributed by atoms with Gasteiger partial charge in [-0.2, -0.15) is 4.21 Å².